The van der Waals surface area contributed by atoms with Crippen LogP contribution in [0.5, 0.6) is 0 Å². The van der Waals surface area contributed by atoms with E-state index in [0.29, 0.717) is 49.4 Å². The topological polar surface area (TPSA) is 77.4 Å². The van der Waals surface area contributed by atoms with Crippen LogP contribution in [-0.4, -0.2) is 22.9 Å². The fraction of sp³-hybridized carbons (Fsp3) is 0.148. The summed E-state index contributed by atoms with van der Waals surface area (Å²) in [6.07, 6.45) is 0. The maximum Gasteiger partial charge on any atom is 0.344 e. The molecule has 0 bridgehead atoms. The van der Waals surface area contributed by atoms with Gasteiger partial charge in [0.15, 0.2) is 5.78 Å². The zero-order valence-electron chi connectivity index (χ0n) is 19.3. The van der Waals surface area contributed by atoms with Crippen molar-refractivity contribution >= 4 is 59.3 Å². The summed E-state index contributed by atoms with van der Waals surface area (Å²) in [4.78, 5) is 41.7. The first kappa shape index (κ1) is 23.3. The molecular weight excluding hydrogens is 480 g/mol. The van der Waals surface area contributed by atoms with Crippen molar-refractivity contribution in [3.63, 3.8) is 0 Å². The third kappa shape index (κ3) is 3.56. The zero-order chi connectivity index (χ0) is 25.0. The Morgan fingerprint density at radius 1 is 0.971 bits per heavy atom. The van der Waals surface area contributed by atoms with Crippen LogP contribution in [0.4, 0.5) is 11.4 Å². The van der Waals surface area contributed by atoms with Gasteiger partial charge in [-0.3, -0.25) is 9.59 Å². The lowest BCUT2D eigenvalue weighted by molar-refractivity contribution is 0.0524. The van der Waals surface area contributed by atoms with Gasteiger partial charge in [0, 0.05) is 33.4 Å². The number of benzene rings is 3. The van der Waals surface area contributed by atoms with E-state index >= 15 is 0 Å². The Kier molecular flexibility index (Phi) is 5.73. The third-order valence-corrected chi connectivity index (χ3v) is 7.15. The van der Waals surface area contributed by atoms with Crippen LogP contribution < -0.4 is 10.9 Å². The normalized spacial score (nSPS) is 12.0. The number of carbonyl (C=O) groups excluding carboxylic acids is 2. The predicted molar refractivity (Wildman–Crippen MR) is 143 cm³/mol. The molecule has 5 rings (SSSR count). The monoisotopic (exact) mass is 502 g/mol. The van der Waals surface area contributed by atoms with Crippen LogP contribution in [-0.2, 0) is 11.8 Å². The molecule has 0 aliphatic heterocycles. The van der Waals surface area contributed by atoms with Crippen LogP contribution in [0, 0.1) is 6.92 Å². The fourth-order valence-corrected chi connectivity index (χ4v) is 5.14. The number of rotatable bonds is 4. The predicted octanol–water partition coefficient (Wildman–Crippen LogP) is 5.56. The molecule has 0 fully saturated rings. The second-order valence-electron chi connectivity index (χ2n) is 8.37. The smallest absolute Gasteiger partial charge is 0.344 e. The van der Waals surface area contributed by atoms with Crippen LogP contribution in [0.15, 0.2) is 63.1 Å². The van der Waals surface area contributed by atoms with Gasteiger partial charge in [-0.2, -0.15) is 0 Å². The number of hydrogen-bond acceptors (Lipinski definition) is 7. The number of anilines is 2. The Morgan fingerprint density at radius 3 is 2.40 bits per heavy atom. The minimum atomic E-state index is -0.712. The minimum Gasteiger partial charge on any atom is -0.462 e. The molecule has 8 heteroatoms. The number of esters is 1. The lowest BCUT2D eigenvalue weighted by Crippen LogP contribution is -2.29. The summed E-state index contributed by atoms with van der Waals surface area (Å²) in [5, 5.41) is 3.88. The van der Waals surface area contributed by atoms with Gasteiger partial charge in [0.05, 0.1) is 29.1 Å². The van der Waals surface area contributed by atoms with Crippen molar-refractivity contribution in [2.45, 2.75) is 23.6 Å². The van der Waals surface area contributed by atoms with Crippen molar-refractivity contribution in [2.24, 2.45) is 7.05 Å². The van der Waals surface area contributed by atoms with Crippen LogP contribution in [0.25, 0.3) is 22.0 Å². The summed E-state index contributed by atoms with van der Waals surface area (Å²) < 4.78 is 6.65. The van der Waals surface area contributed by atoms with Gasteiger partial charge in [0.2, 0.25) is 0 Å². The van der Waals surface area contributed by atoms with Crippen molar-refractivity contribution in [3.8, 4) is 11.1 Å². The van der Waals surface area contributed by atoms with Gasteiger partial charge in [-0.15, -0.1) is 25.3 Å². The summed E-state index contributed by atoms with van der Waals surface area (Å²) in [5.74, 6) is -0.908. The van der Waals surface area contributed by atoms with E-state index in [4.69, 9.17) is 4.74 Å². The Hall–Kier alpha value is -3.49. The second-order valence-corrected chi connectivity index (χ2v) is 9.34. The minimum absolute atomic E-state index is 0.0784. The van der Waals surface area contributed by atoms with E-state index in [1.54, 1.807) is 50.4 Å². The van der Waals surface area contributed by atoms with Gasteiger partial charge in [0.1, 0.15) is 5.56 Å². The Balaban J connectivity index is 1.89. The SMILES string of the molecule is CCOC(=O)c1c2c3c(c(Nc4cc(C)c(S)cc4S)ccc3n(C)c1=O)C(=O)c1ccccc1-2. The highest BCUT2D eigenvalue weighted by Gasteiger charge is 2.34. The number of aryl methyl sites for hydroxylation is 2. The standard InChI is InChI=1S/C27H22N2O4S2/c1-4-33-27(32)24-21-14-7-5-6-8-15(14)25(30)22-16(9-10-18(23(21)22)29(3)26(24)31)28-17-11-13(2)19(34)12-20(17)35/h5-12,28,34-35H,4H2,1-3H3. The number of pyridine rings is 1. The molecule has 0 saturated heterocycles. The molecule has 0 radical (unpaired) electrons. The largest absolute Gasteiger partial charge is 0.462 e. The quantitative estimate of drug-likeness (QED) is 0.222. The summed E-state index contributed by atoms with van der Waals surface area (Å²) in [7, 11) is 1.59. The van der Waals surface area contributed by atoms with E-state index < -0.39 is 11.5 Å². The van der Waals surface area contributed by atoms with Crippen molar-refractivity contribution in [3.05, 3.63) is 81.1 Å². The molecule has 0 amide bonds. The molecule has 1 aliphatic rings. The van der Waals surface area contributed by atoms with E-state index in [1.807, 2.05) is 19.1 Å². The van der Waals surface area contributed by atoms with Crippen LogP contribution in [0.3, 0.4) is 0 Å². The number of ether oxygens (including phenoxy) is 1. The number of fused-ring (bicyclic) bond motifs is 2. The molecule has 6 nitrogen and oxygen atoms in total. The van der Waals surface area contributed by atoms with Crippen LogP contribution >= 0.6 is 25.3 Å². The number of nitrogens with zero attached hydrogens (tertiary/aromatic N) is 1. The van der Waals surface area contributed by atoms with Crippen molar-refractivity contribution in [1.29, 1.82) is 0 Å². The van der Waals surface area contributed by atoms with E-state index in [9.17, 15) is 14.4 Å². The average Bonchev–Trinajstić information content (AvgIpc) is 2.83. The molecule has 0 saturated carbocycles. The second kappa shape index (κ2) is 8.62. The molecule has 1 N–H and O–H groups in total. The lowest BCUT2D eigenvalue weighted by atomic mass is 9.81. The van der Waals surface area contributed by atoms with Crippen LogP contribution in [0.2, 0.25) is 0 Å². The highest BCUT2D eigenvalue weighted by molar-refractivity contribution is 7.81. The number of aromatic nitrogens is 1. The number of ketones is 1. The molecule has 1 aromatic heterocycles. The van der Waals surface area contributed by atoms with Gasteiger partial charge >= 0.3 is 5.97 Å². The molecule has 1 heterocycles. The maximum absolute atomic E-state index is 13.8. The summed E-state index contributed by atoms with van der Waals surface area (Å²) in [6.45, 7) is 3.75. The van der Waals surface area contributed by atoms with E-state index in [-0.39, 0.29) is 18.0 Å². The molecule has 0 spiro atoms. The highest BCUT2D eigenvalue weighted by atomic mass is 32.1. The summed E-state index contributed by atoms with van der Waals surface area (Å²) in [6, 6.07) is 14.3. The fourth-order valence-electron chi connectivity index (χ4n) is 4.60. The Bertz CT molecular complexity index is 1640. The first-order chi connectivity index (χ1) is 16.7. The molecule has 0 unspecified atom stereocenters. The third-order valence-electron chi connectivity index (χ3n) is 6.29. The van der Waals surface area contributed by atoms with Crippen molar-refractivity contribution < 1.29 is 14.3 Å². The van der Waals surface area contributed by atoms with Gasteiger partial charge < -0.3 is 14.6 Å². The molecule has 0 atom stereocenters. The molecular formula is C27H22N2O4S2. The first-order valence-corrected chi connectivity index (χ1v) is 11.9. The highest BCUT2D eigenvalue weighted by Crippen LogP contribution is 2.44. The van der Waals surface area contributed by atoms with Gasteiger partial charge in [-0.1, -0.05) is 24.3 Å². The Labute approximate surface area is 212 Å². The maximum atomic E-state index is 13.8. The summed E-state index contributed by atoms with van der Waals surface area (Å²) >= 11 is 9.03. The Morgan fingerprint density at radius 2 is 1.69 bits per heavy atom. The lowest BCUT2D eigenvalue weighted by Gasteiger charge is -2.25. The number of carbonyl (C=O) groups is 2. The van der Waals surface area contributed by atoms with Gasteiger partial charge in [-0.05, 0) is 49.2 Å². The zero-order valence-corrected chi connectivity index (χ0v) is 21.1. The number of hydrogen-bond donors (Lipinski definition) is 3. The molecule has 1 aliphatic carbocycles. The first-order valence-electron chi connectivity index (χ1n) is 11.0. The van der Waals surface area contributed by atoms with E-state index in [2.05, 4.69) is 30.6 Å². The van der Waals surface area contributed by atoms with Crippen molar-refractivity contribution in [1.82, 2.24) is 4.57 Å². The molecule has 35 heavy (non-hydrogen) atoms. The van der Waals surface area contributed by atoms with Crippen molar-refractivity contribution in [2.75, 3.05) is 11.9 Å². The van der Waals surface area contributed by atoms with E-state index in [1.165, 1.54) is 4.57 Å². The molecule has 176 valence electrons. The van der Waals surface area contributed by atoms with E-state index in [0.717, 1.165) is 10.5 Å². The summed E-state index contributed by atoms with van der Waals surface area (Å²) in [5.41, 5.74) is 3.98. The average molecular weight is 503 g/mol. The number of nitrogens with one attached hydrogen (secondary N) is 1. The van der Waals surface area contributed by atoms with Gasteiger partial charge in [-0.25, -0.2) is 4.79 Å². The molecule has 4 aromatic rings. The number of thiol groups is 2. The molecule has 3 aromatic carbocycles. The van der Waals surface area contributed by atoms with Crippen LogP contribution in [0.1, 0.15) is 38.8 Å². The van der Waals surface area contributed by atoms with Gasteiger partial charge in [0.25, 0.3) is 5.56 Å².